The van der Waals surface area contributed by atoms with Crippen LogP contribution in [0.3, 0.4) is 0 Å². The molecule has 1 aliphatic rings. The van der Waals surface area contributed by atoms with Gasteiger partial charge in [0.2, 0.25) is 12.7 Å². The van der Waals surface area contributed by atoms with Gasteiger partial charge in [0.15, 0.2) is 11.5 Å². The van der Waals surface area contributed by atoms with Gasteiger partial charge in [0.1, 0.15) is 0 Å². The van der Waals surface area contributed by atoms with Gasteiger partial charge in [0.05, 0.1) is 12.6 Å². The summed E-state index contributed by atoms with van der Waals surface area (Å²) in [5, 5.41) is 7.60. The molecule has 0 saturated heterocycles. The number of nitrogens with one attached hydrogen (secondary N) is 2. The Labute approximate surface area is 150 Å². The molecule has 3 rings (SSSR count). The number of carbonyl (C=O) groups excluding carboxylic acids is 2. The summed E-state index contributed by atoms with van der Waals surface area (Å²) in [6.45, 7) is 4.18. The number of benzene rings is 1. The molecule has 1 unspecified atom stereocenters. The highest BCUT2D eigenvalue weighted by molar-refractivity contribution is 7.10. The maximum atomic E-state index is 12.2. The Kier molecular flexibility index (Phi) is 5.23. The lowest BCUT2D eigenvalue weighted by Crippen LogP contribution is -2.39. The lowest BCUT2D eigenvalue weighted by molar-refractivity contribution is -0.121. The zero-order chi connectivity index (χ0) is 17.8. The number of fused-ring (bicyclic) bond motifs is 1. The summed E-state index contributed by atoms with van der Waals surface area (Å²) in [6.07, 6.45) is 0. The summed E-state index contributed by atoms with van der Waals surface area (Å²) < 4.78 is 10.5. The zero-order valence-corrected chi connectivity index (χ0v) is 14.9. The third-order valence-electron chi connectivity index (χ3n) is 3.88. The van der Waals surface area contributed by atoms with Crippen LogP contribution in [0.15, 0.2) is 35.7 Å². The molecule has 2 heterocycles. The van der Waals surface area contributed by atoms with Gasteiger partial charge < -0.3 is 20.1 Å². The monoisotopic (exact) mass is 360 g/mol. The summed E-state index contributed by atoms with van der Waals surface area (Å²) in [6, 6.07) is 8.84. The molecule has 0 radical (unpaired) electrons. The highest BCUT2D eigenvalue weighted by Crippen LogP contribution is 2.32. The fraction of sp³-hybridized carbons (Fsp3) is 0.333. The lowest BCUT2D eigenvalue weighted by atomic mass is 10.0. The maximum Gasteiger partial charge on any atom is 0.251 e. The molecule has 0 fully saturated rings. The smallest absolute Gasteiger partial charge is 0.251 e. The van der Waals surface area contributed by atoms with Crippen molar-refractivity contribution in [3.8, 4) is 11.5 Å². The molecule has 2 amide bonds. The van der Waals surface area contributed by atoms with E-state index in [1.807, 2.05) is 17.5 Å². The topological polar surface area (TPSA) is 76.7 Å². The predicted octanol–water partition coefficient (Wildman–Crippen LogP) is 2.72. The fourth-order valence-electron chi connectivity index (χ4n) is 2.56. The minimum Gasteiger partial charge on any atom is -0.454 e. The van der Waals surface area contributed by atoms with Gasteiger partial charge in [0.25, 0.3) is 5.91 Å². The van der Waals surface area contributed by atoms with E-state index in [4.69, 9.17) is 9.47 Å². The van der Waals surface area contributed by atoms with Crippen LogP contribution < -0.4 is 20.1 Å². The van der Waals surface area contributed by atoms with E-state index in [0.29, 0.717) is 17.1 Å². The van der Waals surface area contributed by atoms with Crippen LogP contribution in [0.2, 0.25) is 0 Å². The fourth-order valence-corrected chi connectivity index (χ4v) is 3.51. The van der Waals surface area contributed by atoms with Crippen LogP contribution in [0.5, 0.6) is 11.5 Å². The summed E-state index contributed by atoms with van der Waals surface area (Å²) in [4.78, 5) is 25.5. The zero-order valence-electron chi connectivity index (χ0n) is 14.1. The predicted molar refractivity (Wildman–Crippen MR) is 94.9 cm³/mol. The molecule has 0 aliphatic carbocycles. The second-order valence-corrected chi connectivity index (χ2v) is 7.03. The highest BCUT2D eigenvalue weighted by Gasteiger charge is 2.20. The number of hydrogen-bond acceptors (Lipinski definition) is 5. The van der Waals surface area contributed by atoms with E-state index in [1.54, 1.807) is 29.5 Å². The van der Waals surface area contributed by atoms with Gasteiger partial charge in [-0.25, -0.2) is 0 Å². The first-order chi connectivity index (χ1) is 12.0. The van der Waals surface area contributed by atoms with Gasteiger partial charge in [-0.15, -0.1) is 11.3 Å². The summed E-state index contributed by atoms with van der Waals surface area (Å²) >= 11 is 1.61. The van der Waals surface area contributed by atoms with Crippen LogP contribution in [-0.2, 0) is 4.79 Å². The van der Waals surface area contributed by atoms with Crippen molar-refractivity contribution >= 4 is 23.2 Å². The Morgan fingerprint density at radius 2 is 2.00 bits per heavy atom. The molecular weight excluding hydrogens is 340 g/mol. The standard InChI is InChI=1S/C18H20N2O4S/c1-11(2)17(15-4-3-7-25-15)20-16(21)9-19-18(22)12-5-6-13-14(8-12)24-10-23-13/h3-8,11,17H,9-10H2,1-2H3,(H,19,22)(H,20,21). The number of rotatable bonds is 6. The molecule has 2 aromatic rings. The molecule has 7 heteroatoms. The molecule has 0 bridgehead atoms. The Balaban J connectivity index is 1.55. The Bertz CT molecular complexity index is 758. The SMILES string of the molecule is CC(C)C(NC(=O)CNC(=O)c1ccc2c(c1)OCO2)c1cccs1. The van der Waals surface area contributed by atoms with Crippen molar-refractivity contribution in [3.63, 3.8) is 0 Å². The van der Waals surface area contributed by atoms with Crippen molar-refractivity contribution in [2.45, 2.75) is 19.9 Å². The van der Waals surface area contributed by atoms with Gasteiger partial charge in [-0.3, -0.25) is 9.59 Å². The summed E-state index contributed by atoms with van der Waals surface area (Å²) in [5.41, 5.74) is 0.427. The van der Waals surface area contributed by atoms with E-state index < -0.39 is 0 Å². The molecule has 132 valence electrons. The van der Waals surface area contributed by atoms with Gasteiger partial charge in [0, 0.05) is 10.4 Å². The Hall–Kier alpha value is -2.54. The second-order valence-electron chi connectivity index (χ2n) is 6.06. The first-order valence-electron chi connectivity index (χ1n) is 8.05. The first kappa shape index (κ1) is 17.3. The van der Waals surface area contributed by atoms with Gasteiger partial charge >= 0.3 is 0 Å². The van der Waals surface area contributed by atoms with E-state index in [-0.39, 0.29) is 37.1 Å². The number of carbonyl (C=O) groups is 2. The van der Waals surface area contributed by atoms with Crippen molar-refractivity contribution in [3.05, 3.63) is 46.2 Å². The van der Waals surface area contributed by atoms with E-state index >= 15 is 0 Å². The molecule has 6 nitrogen and oxygen atoms in total. The lowest BCUT2D eigenvalue weighted by Gasteiger charge is -2.21. The first-order valence-corrected chi connectivity index (χ1v) is 8.93. The Morgan fingerprint density at radius 1 is 1.20 bits per heavy atom. The molecule has 2 N–H and O–H groups in total. The normalized spacial score (nSPS) is 13.6. The van der Waals surface area contributed by atoms with Crippen LogP contribution in [-0.4, -0.2) is 25.2 Å². The van der Waals surface area contributed by atoms with E-state index in [2.05, 4.69) is 24.5 Å². The van der Waals surface area contributed by atoms with Crippen molar-refractivity contribution in [1.82, 2.24) is 10.6 Å². The van der Waals surface area contributed by atoms with Gasteiger partial charge in [-0.1, -0.05) is 19.9 Å². The molecule has 1 aromatic carbocycles. The van der Waals surface area contributed by atoms with Crippen LogP contribution >= 0.6 is 11.3 Å². The van der Waals surface area contributed by atoms with E-state index in [1.165, 1.54) is 0 Å². The summed E-state index contributed by atoms with van der Waals surface area (Å²) in [7, 11) is 0. The minimum atomic E-state index is -0.328. The minimum absolute atomic E-state index is 0.0602. The van der Waals surface area contributed by atoms with Crippen molar-refractivity contribution < 1.29 is 19.1 Å². The molecule has 1 atom stereocenters. The number of thiophene rings is 1. The number of hydrogen-bond donors (Lipinski definition) is 2. The molecule has 25 heavy (non-hydrogen) atoms. The van der Waals surface area contributed by atoms with Gasteiger partial charge in [-0.05, 0) is 35.6 Å². The van der Waals surface area contributed by atoms with Crippen LogP contribution in [0, 0.1) is 5.92 Å². The average molecular weight is 360 g/mol. The molecule has 1 aliphatic heterocycles. The third kappa shape index (κ3) is 4.11. The maximum absolute atomic E-state index is 12.2. The summed E-state index contributed by atoms with van der Waals surface area (Å²) in [5.74, 6) is 0.860. The van der Waals surface area contributed by atoms with Crippen LogP contribution in [0.25, 0.3) is 0 Å². The Morgan fingerprint density at radius 3 is 2.72 bits per heavy atom. The van der Waals surface area contributed by atoms with Crippen LogP contribution in [0.1, 0.15) is 35.1 Å². The highest BCUT2D eigenvalue weighted by atomic mass is 32.1. The number of amides is 2. The third-order valence-corrected chi connectivity index (χ3v) is 4.83. The second kappa shape index (κ2) is 7.57. The van der Waals surface area contributed by atoms with E-state index in [0.717, 1.165) is 4.88 Å². The molecule has 0 spiro atoms. The van der Waals surface area contributed by atoms with Crippen molar-refractivity contribution in [1.29, 1.82) is 0 Å². The van der Waals surface area contributed by atoms with Crippen LogP contribution in [0.4, 0.5) is 0 Å². The van der Waals surface area contributed by atoms with Gasteiger partial charge in [-0.2, -0.15) is 0 Å². The van der Waals surface area contributed by atoms with Crippen molar-refractivity contribution in [2.24, 2.45) is 5.92 Å². The van der Waals surface area contributed by atoms with Crippen molar-refractivity contribution in [2.75, 3.05) is 13.3 Å². The molecule has 0 saturated carbocycles. The van der Waals surface area contributed by atoms with E-state index in [9.17, 15) is 9.59 Å². The molecular formula is C18H20N2O4S. The largest absolute Gasteiger partial charge is 0.454 e. The number of ether oxygens (including phenoxy) is 2. The molecule has 1 aromatic heterocycles. The quantitative estimate of drug-likeness (QED) is 0.830. The average Bonchev–Trinajstić information content (AvgIpc) is 3.27.